The van der Waals surface area contributed by atoms with Crippen LogP contribution < -0.4 is 0 Å². The second-order valence-corrected chi connectivity index (χ2v) is 6.02. The summed E-state index contributed by atoms with van der Waals surface area (Å²) < 4.78 is 3.49. The smallest absolute Gasteiger partial charge is 0.0846 e. The van der Waals surface area contributed by atoms with E-state index in [-0.39, 0.29) is 0 Å². The molecule has 2 heteroatoms. The van der Waals surface area contributed by atoms with Gasteiger partial charge in [-0.1, -0.05) is 64.7 Å². The van der Waals surface area contributed by atoms with E-state index in [4.69, 9.17) is 0 Å². The molecule has 0 fully saturated rings. The summed E-state index contributed by atoms with van der Waals surface area (Å²) in [7, 11) is 0. The summed E-state index contributed by atoms with van der Waals surface area (Å²) in [4.78, 5) is 0. The van der Waals surface area contributed by atoms with Crippen LogP contribution in [0.4, 0.5) is 0 Å². The second kappa shape index (κ2) is 10.7. The van der Waals surface area contributed by atoms with Crippen molar-refractivity contribution in [3.05, 3.63) is 22.9 Å². The topological polar surface area (TPSA) is 4.93 Å². The maximum absolute atomic E-state index is 3.55. The highest BCUT2D eigenvalue weighted by Crippen LogP contribution is 2.14. The molecule has 1 rings (SSSR count). The van der Waals surface area contributed by atoms with Gasteiger partial charge in [0.15, 0.2) is 0 Å². The molecule has 0 amide bonds. The first kappa shape index (κ1) is 15.8. The van der Waals surface area contributed by atoms with Crippen molar-refractivity contribution in [3.8, 4) is 0 Å². The van der Waals surface area contributed by atoms with Crippen LogP contribution in [-0.4, -0.2) is 4.57 Å². The Labute approximate surface area is 121 Å². The van der Waals surface area contributed by atoms with Gasteiger partial charge in [-0.3, -0.25) is 0 Å². The SMILES string of the molecule is CCCCCCCCCCCCn1cccc1Br. The maximum atomic E-state index is 3.55. The van der Waals surface area contributed by atoms with Crippen molar-refractivity contribution in [3.63, 3.8) is 0 Å². The fourth-order valence-corrected chi connectivity index (χ4v) is 2.79. The molecule has 0 saturated heterocycles. The van der Waals surface area contributed by atoms with E-state index in [1.165, 1.54) is 68.8 Å². The molecule has 0 aliphatic heterocycles. The Morgan fingerprint density at radius 3 is 1.94 bits per heavy atom. The van der Waals surface area contributed by atoms with Gasteiger partial charge in [-0.05, 0) is 34.5 Å². The van der Waals surface area contributed by atoms with Crippen molar-refractivity contribution in [1.82, 2.24) is 4.57 Å². The van der Waals surface area contributed by atoms with Crippen LogP contribution in [0.3, 0.4) is 0 Å². The highest BCUT2D eigenvalue weighted by molar-refractivity contribution is 9.10. The van der Waals surface area contributed by atoms with Crippen molar-refractivity contribution in [2.45, 2.75) is 77.7 Å². The third kappa shape index (κ3) is 7.25. The summed E-state index contributed by atoms with van der Waals surface area (Å²) in [6.45, 7) is 3.44. The third-order valence-corrected chi connectivity index (χ3v) is 4.25. The van der Waals surface area contributed by atoms with Crippen LogP contribution in [0, 0.1) is 0 Å². The Morgan fingerprint density at radius 2 is 1.44 bits per heavy atom. The second-order valence-electron chi connectivity index (χ2n) is 5.21. The molecule has 1 aromatic heterocycles. The number of unbranched alkanes of at least 4 members (excludes halogenated alkanes) is 9. The van der Waals surface area contributed by atoms with Gasteiger partial charge in [0, 0.05) is 12.7 Å². The van der Waals surface area contributed by atoms with E-state index in [1.807, 2.05) is 0 Å². The molecule has 0 aliphatic carbocycles. The lowest BCUT2D eigenvalue weighted by molar-refractivity contribution is 0.533. The van der Waals surface area contributed by atoms with Crippen LogP contribution in [0.1, 0.15) is 71.1 Å². The van der Waals surface area contributed by atoms with Crippen LogP contribution in [0.25, 0.3) is 0 Å². The van der Waals surface area contributed by atoms with Crippen molar-refractivity contribution in [2.75, 3.05) is 0 Å². The van der Waals surface area contributed by atoms with Crippen LogP contribution in [0.5, 0.6) is 0 Å². The van der Waals surface area contributed by atoms with E-state index in [0.29, 0.717) is 0 Å². The zero-order chi connectivity index (χ0) is 13.1. The fraction of sp³-hybridized carbons (Fsp3) is 0.750. The first-order valence-electron chi connectivity index (χ1n) is 7.65. The molecule has 1 nitrogen and oxygen atoms in total. The Bertz CT molecular complexity index is 293. The number of hydrogen-bond acceptors (Lipinski definition) is 0. The fourth-order valence-electron chi connectivity index (χ4n) is 2.34. The number of rotatable bonds is 11. The standard InChI is InChI=1S/C16H28BrN/c1-2-3-4-5-6-7-8-9-10-11-14-18-15-12-13-16(18)17/h12-13,15H,2-11,14H2,1H3. The first-order valence-corrected chi connectivity index (χ1v) is 8.44. The summed E-state index contributed by atoms with van der Waals surface area (Å²) in [5.41, 5.74) is 0. The number of aryl methyl sites for hydroxylation is 1. The van der Waals surface area contributed by atoms with Gasteiger partial charge in [-0.15, -0.1) is 0 Å². The Morgan fingerprint density at radius 1 is 0.889 bits per heavy atom. The molecule has 18 heavy (non-hydrogen) atoms. The molecule has 0 bridgehead atoms. The number of hydrogen-bond donors (Lipinski definition) is 0. The quantitative estimate of drug-likeness (QED) is 0.430. The van der Waals surface area contributed by atoms with Crippen LogP contribution in [0.2, 0.25) is 0 Å². The average Bonchev–Trinajstić information content (AvgIpc) is 2.77. The molecule has 0 aliphatic rings. The minimum absolute atomic E-state index is 1.16. The molecule has 0 aromatic carbocycles. The van der Waals surface area contributed by atoms with Crippen molar-refractivity contribution in [1.29, 1.82) is 0 Å². The van der Waals surface area contributed by atoms with Crippen molar-refractivity contribution < 1.29 is 0 Å². The van der Waals surface area contributed by atoms with Crippen molar-refractivity contribution >= 4 is 15.9 Å². The molecule has 104 valence electrons. The van der Waals surface area contributed by atoms with E-state index in [1.54, 1.807) is 0 Å². The lowest BCUT2D eigenvalue weighted by atomic mass is 10.1. The van der Waals surface area contributed by atoms with Crippen LogP contribution >= 0.6 is 15.9 Å². The largest absolute Gasteiger partial charge is 0.342 e. The summed E-state index contributed by atoms with van der Waals surface area (Å²) in [6, 6.07) is 4.21. The van der Waals surface area contributed by atoms with Gasteiger partial charge in [-0.25, -0.2) is 0 Å². The van der Waals surface area contributed by atoms with E-state index >= 15 is 0 Å². The van der Waals surface area contributed by atoms with E-state index in [9.17, 15) is 0 Å². The summed E-state index contributed by atoms with van der Waals surface area (Å²) in [5.74, 6) is 0. The van der Waals surface area contributed by atoms with Crippen molar-refractivity contribution in [2.24, 2.45) is 0 Å². The Balaban J connectivity index is 1.83. The number of aromatic nitrogens is 1. The maximum Gasteiger partial charge on any atom is 0.0846 e. The number of halogens is 1. The summed E-state index contributed by atoms with van der Waals surface area (Å²) in [6.07, 6.45) is 16.2. The molecular weight excluding hydrogens is 286 g/mol. The van der Waals surface area contributed by atoms with Gasteiger partial charge in [0.05, 0.1) is 4.60 Å². The summed E-state index contributed by atoms with van der Waals surface area (Å²) >= 11 is 3.55. The normalized spacial score (nSPS) is 11.0. The molecule has 0 spiro atoms. The summed E-state index contributed by atoms with van der Waals surface area (Å²) in [5, 5.41) is 0. The molecule has 0 atom stereocenters. The average molecular weight is 314 g/mol. The van der Waals surface area contributed by atoms with Gasteiger partial charge in [0.25, 0.3) is 0 Å². The molecule has 0 unspecified atom stereocenters. The lowest BCUT2D eigenvalue weighted by Crippen LogP contribution is -1.95. The molecule has 1 aromatic rings. The highest BCUT2D eigenvalue weighted by Gasteiger charge is 1.96. The predicted molar refractivity (Wildman–Crippen MR) is 84.0 cm³/mol. The Hall–Kier alpha value is -0.240. The monoisotopic (exact) mass is 313 g/mol. The van der Waals surface area contributed by atoms with Gasteiger partial charge in [-0.2, -0.15) is 0 Å². The van der Waals surface area contributed by atoms with E-state index < -0.39 is 0 Å². The van der Waals surface area contributed by atoms with E-state index in [0.717, 1.165) is 6.54 Å². The zero-order valence-electron chi connectivity index (χ0n) is 11.8. The molecule has 0 saturated carbocycles. The van der Waals surface area contributed by atoms with E-state index in [2.05, 4.69) is 45.8 Å². The first-order chi connectivity index (χ1) is 8.84. The minimum atomic E-state index is 1.16. The van der Waals surface area contributed by atoms with Crippen LogP contribution in [-0.2, 0) is 6.54 Å². The van der Waals surface area contributed by atoms with Gasteiger partial charge < -0.3 is 4.57 Å². The highest BCUT2D eigenvalue weighted by atomic mass is 79.9. The Kier molecular flexibility index (Phi) is 9.37. The van der Waals surface area contributed by atoms with Gasteiger partial charge in [0.2, 0.25) is 0 Å². The lowest BCUT2D eigenvalue weighted by Gasteiger charge is -2.05. The molecule has 0 radical (unpaired) electrons. The third-order valence-electron chi connectivity index (χ3n) is 3.53. The predicted octanol–water partition coefficient (Wildman–Crippen LogP) is 6.17. The minimum Gasteiger partial charge on any atom is -0.342 e. The zero-order valence-corrected chi connectivity index (χ0v) is 13.4. The molecular formula is C16H28BrN. The molecule has 0 N–H and O–H groups in total. The van der Waals surface area contributed by atoms with Crippen LogP contribution in [0.15, 0.2) is 22.9 Å². The van der Waals surface area contributed by atoms with Gasteiger partial charge >= 0.3 is 0 Å². The molecule has 1 heterocycles. The van der Waals surface area contributed by atoms with Gasteiger partial charge in [0.1, 0.15) is 0 Å². The number of nitrogens with zero attached hydrogens (tertiary/aromatic N) is 1.